The molecule has 2 heterocycles. The SMILES string of the molecule is COC(=O)C(Cc1ccc(O)cc1)NC(=O)c1ccn2cc(-c3ccccc3)nc2c1. The van der Waals surface area contributed by atoms with Gasteiger partial charge in [0.15, 0.2) is 0 Å². The Morgan fingerprint density at radius 3 is 2.55 bits per heavy atom. The molecule has 2 N–H and O–H groups in total. The second-order valence-corrected chi connectivity index (χ2v) is 7.09. The van der Waals surface area contributed by atoms with Gasteiger partial charge in [0.1, 0.15) is 17.4 Å². The molecule has 2 aromatic carbocycles. The number of pyridine rings is 1. The van der Waals surface area contributed by atoms with Crippen LogP contribution in [0, 0.1) is 0 Å². The average Bonchev–Trinajstić information content (AvgIpc) is 3.23. The average molecular weight is 415 g/mol. The molecule has 0 saturated carbocycles. The van der Waals surface area contributed by atoms with E-state index in [1.807, 2.05) is 40.9 Å². The minimum Gasteiger partial charge on any atom is -0.508 e. The number of nitrogens with one attached hydrogen (secondary N) is 1. The summed E-state index contributed by atoms with van der Waals surface area (Å²) in [6.45, 7) is 0. The number of aromatic hydroxyl groups is 1. The van der Waals surface area contributed by atoms with Crippen LogP contribution in [0.4, 0.5) is 0 Å². The van der Waals surface area contributed by atoms with E-state index in [0.29, 0.717) is 11.2 Å². The Morgan fingerprint density at radius 2 is 1.84 bits per heavy atom. The zero-order valence-electron chi connectivity index (χ0n) is 16.9. The monoisotopic (exact) mass is 415 g/mol. The molecule has 0 fully saturated rings. The Balaban J connectivity index is 1.55. The minimum absolute atomic E-state index is 0.130. The van der Waals surface area contributed by atoms with E-state index in [1.54, 1.807) is 30.5 Å². The van der Waals surface area contributed by atoms with E-state index in [1.165, 1.54) is 19.2 Å². The van der Waals surface area contributed by atoms with Gasteiger partial charge in [0.25, 0.3) is 5.91 Å². The van der Waals surface area contributed by atoms with Crippen molar-refractivity contribution in [2.24, 2.45) is 0 Å². The van der Waals surface area contributed by atoms with Gasteiger partial charge in [-0.05, 0) is 29.8 Å². The van der Waals surface area contributed by atoms with Crippen LogP contribution in [0.1, 0.15) is 15.9 Å². The van der Waals surface area contributed by atoms with E-state index in [4.69, 9.17) is 4.74 Å². The van der Waals surface area contributed by atoms with Crippen LogP contribution in [-0.4, -0.2) is 39.5 Å². The number of amides is 1. The van der Waals surface area contributed by atoms with E-state index in [2.05, 4.69) is 10.3 Å². The van der Waals surface area contributed by atoms with Crippen LogP contribution < -0.4 is 5.32 Å². The number of imidazole rings is 1. The summed E-state index contributed by atoms with van der Waals surface area (Å²) in [6, 6.07) is 18.7. The number of hydrogen-bond acceptors (Lipinski definition) is 5. The predicted octanol–water partition coefficient (Wildman–Crippen LogP) is 3.22. The fourth-order valence-electron chi connectivity index (χ4n) is 3.32. The first-order valence-corrected chi connectivity index (χ1v) is 9.74. The Labute approximate surface area is 178 Å². The summed E-state index contributed by atoms with van der Waals surface area (Å²) >= 11 is 0. The molecule has 0 saturated heterocycles. The smallest absolute Gasteiger partial charge is 0.328 e. The number of carbonyl (C=O) groups is 2. The lowest BCUT2D eigenvalue weighted by Gasteiger charge is -2.17. The summed E-state index contributed by atoms with van der Waals surface area (Å²) in [5.74, 6) is -0.819. The van der Waals surface area contributed by atoms with Gasteiger partial charge in [0.2, 0.25) is 0 Å². The number of phenols is 1. The van der Waals surface area contributed by atoms with Crippen LogP contribution in [0.25, 0.3) is 16.9 Å². The van der Waals surface area contributed by atoms with E-state index in [-0.39, 0.29) is 12.2 Å². The van der Waals surface area contributed by atoms with Crippen molar-refractivity contribution in [1.82, 2.24) is 14.7 Å². The second kappa shape index (κ2) is 8.71. The number of fused-ring (bicyclic) bond motifs is 1. The molecular formula is C24H21N3O4. The Kier molecular flexibility index (Phi) is 5.66. The number of nitrogens with zero attached hydrogens (tertiary/aromatic N) is 2. The lowest BCUT2D eigenvalue weighted by atomic mass is 10.1. The summed E-state index contributed by atoms with van der Waals surface area (Å²) in [5.41, 5.74) is 3.58. The Hall–Kier alpha value is -4.13. The Morgan fingerprint density at radius 1 is 1.10 bits per heavy atom. The fourth-order valence-corrected chi connectivity index (χ4v) is 3.32. The minimum atomic E-state index is -0.863. The fraction of sp³-hybridized carbons (Fsp3) is 0.125. The molecule has 0 radical (unpaired) electrons. The van der Waals surface area contributed by atoms with Gasteiger partial charge in [-0.25, -0.2) is 9.78 Å². The first-order valence-electron chi connectivity index (χ1n) is 9.74. The quantitative estimate of drug-likeness (QED) is 0.472. The van der Waals surface area contributed by atoms with Crippen molar-refractivity contribution in [2.45, 2.75) is 12.5 Å². The van der Waals surface area contributed by atoms with Crippen molar-refractivity contribution in [3.63, 3.8) is 0 Å². The highest BCUT2D eigenvalue weighted by Crippen LogP contribution is 2.19. The molecule has 1 atom stereocenters. The lowest BCUT2D eigenvalue weighted by Crippen LogP contribution is -2.43. The number of esters is 1. The van der Waals surface area contributed by atoms with E-state index in [0.717, 1.165) is 16.8 Å². The van der Waals surface area contributed by atoms with Gasteiger partial charge in [-0.3, -0.25) is 4.79 Å². The zero-order valence-corrected chi connectivity index (χ0v) is 16.9. The normalized spacial score (nSPS) is 11.8. The highest BCUT2D eigenvalue weighted by atomic mass is 16.5. The van der Waals surface area contributed by atoms with Gasteiger partial charge in [-0.15, -0.1) is 0 Å². The molecule has 0 aliphatic rings. The summed E-state index contributed by atoms with van der Waals surface area (Å²) in [6.07, 6.45) is 3.90. The summed E-state index contributed by atoms with van der Waals surface area (Å²) in [7, 11) is 1.28. The maximum absolute atomic E-state index is 12.8. The molecule has 1 amide bonds. The first kappa shape index (κ1) is 20.2. The number of carbonyl (C=O) groups excluding carboxylic acids is 2. The largest absolute Gasteiger partial charge is 0.508 e. The van der Waals surface area contributed by atoms with Gasteiger partial charge in [-0.1, -0.05) is 42.5 Å². The third-order valence-electron chi connectivity index (χ3n) is 4.96. The highest BCUT2D eigenvalue weighted by Gasteiger charge is 2.23. The summed E-state index contributed by atoms with van der Waals surface area (Å²) < 4.78 is 6.69. The number of rotatable bonds is 6. The van der Waals surface area contributed by atoms with Crippen LogP contribution in [0.5, 0.6) is 5.75 Å². The van der Waals surface area contributed by atoms with E-state index < -0.39 is 17.9 Å². The number of aromatic nitrogens is 2. The van der Waals surface area contributed by atoms with Crippen molar-refractivity contribution in [3.05, 3.63) is 90.3 Å². The van der Waals surface area contributed by atoms with Crippen molar-refractivity contribution < 1.29 is 19.4 Å². The molecule has 0 aliphatic heterocycles. The van der Waals surface area contributed by atoms with Crippen LogP contribution in [-0.2, 0) is 16.0 Å². The van der Waals surface area contributed by atoms with Gasteiger partial charge < -0.3 is 19.6 Å². The van der Waals surface area contributed by atoms with E-state index >= 15 is 0 Å². The Bertz CT molecular complexity index is 1220. The molecular weight excluding hydrogens is 394 g/mol. The number of methoxy groups -OCH3 is 1. The number of benzene rings is 2. The van der Waals surface area contributed by atoms with Crippen LogP contribution in [0.15, 0.2) is 79.1 Å². The topological polar surface area (TPSA) is 92.9 Å². The van der Waals surface area contributed by atoms with Gasteiger partial charge >= 0.3 is 5.97 Å². The molecule has 4 aromatic rings. The molecule has 7 heteroatoms. The van der Waals surface area contributed by atoms with Crippen molar-refractivity contribution in [3.8, 4) is 17.0 Å². The molecule has 7 nitrogen and oxygen atoms in total. The summed E-state index contributed by atoms with van der Waals surface area (Å²) in [4.78, 5) is 29.7. The van der Waals surface area contributed by atoms with Crippen LogP contribution in [0.3, 0.4) is 0 Å². The molecule has 1 unspecified atom stereocenters. The zero-order chi connectivity index (χ0) is 21.8. The molecule has 156 valence electrons. The molecule has 2 aromatic heterocycles. The molecule has 0 spiro atoms. The number of ether oxygens (including phenoxy) is 1. The predicted molar refractivity (Wildman–Crippen MR) is 116 cm³/mol. The second-order valence-electron chi connectivity index (χ2n) is 7.09. The van der Waals surface area contributed by atoms with Gasteiger partial charge in [-0.2, -0.15) is 0 Å². The third-order valence-corrected chi connectivity index (χ3v) is 4.96. The van der Waals surface area contributed by atoms with E-state index in [9.17, 15) is 14.7 Å². The highest BCUT2D eigenvalue weighted by molar-refractivity contribution is 5.97. The number of phenolic OH excluding ortho intramolecular Hbond substituents is 1. The van der Waals surface area contributed by atoms with Crippen molar-refractivity contribution in [2.75, 3.05) is 7.11 Å². The third kappa shape index (κ3) is 4.56. The number of hydrogen-bond donors (Lipinski definition) is 2. The van der Waals surface area contributed by atoms with Gasteiger partial charge in [0, 0.05) is 29.9 Å². The summed E-state index contributed by atoms with van der Waals surface area (Å²) in [5, 5.41) is 12.2. The lowest BCUT2D eigenvalue weighted by molar-refractivity contribution is -0.142. The molecule has 0 aliphatic carbocycles. The maximum atomic E-state index is 12.8. The van der Waals surface area contributed by atoms with Crippen LogP contribution >= 0.6 is 0 Å². The van der Waals surface area contributed by atoms with Crippen molar-refractivity contribution in [1.29, 1.82) is 0 Å². The van der Waals surface area contributed by atoms with Crippen molar-refractivity contribution >= 4 is 17.5 Å². The molecule has 0 bridgehead atoms. The first-order chi connectivity index (χ1) is 15.0. The van der Waals surface area contributed by atoms with Gasteiger partial charge in [0.05, 0.1) is 12.8 Å². The maximum Gasteiger partial charge on any atom is 0.328 e. The molecule has 4 rings (SSSR count). The molecule has 31 heavy (non-hydrogen) atoms. The standard InChI is InChI=1S/C24H21N3O4/c1-31-24(30)20(13-16-7-9-19(28)10-8-16)26-23(29)18-11-12-27-15-21(25-22(27)14-18)17-5-3-2-4-6-17/h2-12,14-15,20,28H,13H2,1H3,(H,26,29). The van der Waals surface area contributed by atoms with Crippen LogP contribution in [0.2, 0.25) is 0 Å².